The Kier molecular flexibility index (Phi) is 4.14. The second-order valence-electron chi connectivity index (χ2n) is 3.61. The SMILES string of the molecule is C=CCC(C)Nc1c(F)cc([N+](=O)[O-])cc1F. The normalized spacial score (nSPS) is 11.9. The van der Waals surface area contributed by atoms with Crippen LogP contribution in [0.2, 0.25) is 0 Å². The van der Waals surface area contributed by atoms with Gasteiger partial charge in [-0.15, -0.1) is 6.58 Å². The van der Waals surface area contributed by atoms with Gasteiger partial charge >= 0.3 is 0 Å². The molecular formula is C11H12F2N2O2. The number of hydrogen-bond donors (Lipinski definition) is 1. The third-order valence-corrected chi connectivity index (χ3v) is 2.15. The Morgan fingerprint density at radius 1 is 1.53 bits per heavy atom. The average molecular weight is 242 g/mol. The van der Waals surface area contributed by atoms with Gasteiger partial charge in [0.15, 0.2) is 11.6 Å². The molecule has 1 aromatic carbocycles. The van der Waals surface area contributed by atoms with E-state index in [0.29, 0.717) is 18.6 Å². The molecule has 1 unspecified atom stereocenters. The first kappa shape index (κ1) is 13.1. The molecule has 1 aromatic rings. The molecule has 0 fully saturated rings. The molecule has 1 atom stereocenters. The third-order valence-electron chi connectivity index (χ3n) is 2.15. The molecule has 0 spiro atoms. The summed E-state index contributed by atoms with van der Waals surface area (Å²) in [5, 5.41) is 13.0. The predicted octanol–water partition coefficient (Wildman–Crippen LogP) is 3.25. The van der Waals surface area contributed by atoms with Gasteiger partial charge in [0, 0.05) is 6.04 Å². The maximum Gasteiger partial charge on any atom is 0.275 e. The quantitative estimate of drug-likeness (QED) is 0.490. The summed E-state index contributed by atoms with van der Waals surface area (Å²) in [7, 11) is 0. The maximum absolute atomic E-state index is 13.4. The maximum atomic E-state index is 13.4. The van der Waals surface area contributed by atoms with Gasteiger partial charge in [-0.05, 0) is 13.3 Å². The van der Waals surface area contributed by atoms with E-state index in [-0.39, 0.29) is 11.7 Å². The number of nitro benzene ring substituents is 1. The van der Waals surface area contributed by atoms with Crippen LogP contribution in [0.15, 0.2) is 24.8 Å². The molecule has 0 aromatic heterocycles. The van der Waals surface area contributed by atoms with E-state index in [2.05, 4.69) is 11.9 Å². The van der Waals surface area contributed by atoms with Gasteiger partial charge in [0.25, 0.3) is 5.69 Å². The zero-order valence-electron chi connectivity index (χ0n) is 9.24. The van der Waals surface area contributed by atoms with E-state index >= 15 is 0 Å². The number of nitrogens with one attached hydrogen (secondary N) is 1. The predicted molar refractivity (Wildman–Crippen MR) is 60.9 cm³/mol. The molecule has 0 saturated carbocycles. The van der Waals surface area contributed by atoms with Crippen LogP contribution in [-0.2, 0) is 0 Å². The Labute approximate surface area is 97.1 Å². The molecule has 17 heavy (non-hydrogen) atoms. The van der Waals surface area contributed by atoms with E-state index in [4.69, 9.17) is 0 Å². The Morgan fingerprint density at radius 3 is 2.47 bits per heavy atom. The fraction of sp³-hybridized carbons (Fsp3) is 0.273. The minimum atomic E-state index is -0.979. The molecule has 0 saturated heterocycles. The molecule has 0 aliphatic carbocycles. The van der Waals surface area contributed by atoms with Crippen LogP contribution in [0, 0.1) is 21.7 Å². The minimum Gasteiger partial charge on any atom is -0.378 e. The van der Waals surface area contributed by atoms with E-state index in [1.807, 2.05) is 0 Å². The molecule has 6 heteroatoms. The van der Waals surface area contributed by atoms with Crippen molar-refractivity contribution < 1.29 is 13.7 Å². The molecule has 1 N–H and O–H groups in total. The molecule has 1 rings (SSSR count). The molecule has 4 nitrogen and oxygen atoms in total. The van der Waals surface area contributed by atoms with E-state index in [0.717, 1.165) is 0 Å². The number of non-ortho nitro benzene ring substituents is 1. The minimum absolute atomic E-state index is 0.210. The van der Waals surface area contributed by atoms with Crippen LogP contribution in [0.3, 0.4) is 0 Å². The zero-order chi connectivity index (χ0) is 13.0. The van der Waals surface area contributed by atoms with Crippen molar-refractivity contribution in [3.8, 4) is 0 Å². The van der Waals surface area contributed by atoms with Crippen molar-refractivity contribution in [2.24, 2.45) is 0 Å². The standard InChI is InChI=1S/C11H12F2N2O2/c1-3-4-7(2)14-11-9(12)5-8(15(16)17)6-10(11)13/h3,5-7,14H,1,4H2,2H3. The highest BCUT2D eigenvalue weighted by molar-refractivity contribution is 5.52. The van der Waals surface area contributed by atoms with Gasteiger partial charge in [-0.2, -0.15) is 0 Å². The summed E-state index contributed by atoms with van der Waals surface area (Å²) >= 11 is 0. The van der Waals surface area contributed by atoms with Crippen LogP contribution in [0.25, 0.3) is 0 Å². The van der Waals surface area contributed by atoms with Gasteiger partial charge in [-0.1, -0.05) is 6.08 Å². The number of anilines is 1. The summed E-state index contributed by atoms with van der Waals surface area (Å²) in [5.74, 6) is -1.96. The Bertz CT molecular complexity index is 426. The van der Waals surface area contributed by atoms with Crippen LogP contribution in [-0.4, -0.2) is 11.0 Å². The average Bonchev–Trinajstić information content (AvgIpc) is 2.23. The Morgan fingerprint density at radius 2 is 2.06 bits per heavy atom. The molecule has 0 bridgehead atoms. The van der Waals surface area contributed by atoms with Crippen molar-refractivity contribution in [1.29, 1.82) is 0 Å². The highest BCUT2D eigenvalue weighted by Crippen LogP contribution is 2.25. The number of rotatable bonds is 5. The van der Waals surface area contributed by atoms with Crippen LogP contribution in [0.4, 0.5) is 20.2 Å². The second-order valence-corrected chi connectivity index (χ2v) is 3.61. The van der Waals surface area contributed by atoms with E-state index in [1.54, 1.807) is 13.0 Å². The Hall–Kier alpha value is -1.98. The smallest absolute Gasteiger partial charge is 0.275 e. The topological polar surface area (TPSA) is 55.2 Å². The first-order valence-corrected chi connectivity index (χ1v) is 4.96. The lowest BCUT2D eigenvalue weighted by Crippen LogP contribution is -2.16. The lowest BCUT2D eigenvalue weighted by molar-refractivity contribution is -0.385. The van der Waals surface area contributed by atoms with Gasteiger partial charge in [-0.3, -0.25) is 10.1 Å². The Balaban J connectivity index is 3.01. The monoisotopic (exact) mass is 242 g/mol. The molecule has 0 aliphatic heterocycles. The number of hydrogen-bond acceptors (Lipinski definition) is 3. The largest absolute Gasteiger partial charge is 0.378 e. The summed E-state index contributed by atoms with van der Waals surface area (Å²) in [5.41, 5.74) is -0.966. The molecule has 0 heterocycles. The lowest BCUT2D eigenvalue weighted by atomic mass is 10.2. The van der Waals surface area contributed by atoms with Crippen molar-refractivity contribution >= 4 is 11.4 Å². The van der Waals surface area contributed by atoms with Crippen LogP contribution in [0.5, 0.6) is 0 Å². The van der Waals surface area contributed by atoms with Gasteiger partial charge in [0.2, 0.25) is 0 Å². The fourth-order valence-electron chi connectivity index (χ4n) is 1.36. The number of benzene rings is 1. The summed E-state index contributed by atoms with van der Waals surface area (Å²) in [6, 6.07) is 1.16. The van der Waals surface area contributed by atoms with Crippen LogP contribution >= 0.6 is 0 Å². The van der Waals surface area contributed by atoms with Crippen molar-refractivity contribution in [1.82, 2.24) is 0 Å². The molecule has 0 radical (unpaired) electrons. The fourth-order valence-corrected chi connectivity index (χ4v) is 1.36. The first-order chi connectivity index (χ1) is 7.95. The molecule has 92 valence electrons. The van der Waals surface area contributed by atoms with Crippen LogP contribution < -0.4 is 5.32 Å². The van der Waals surface area contributed by atoms with E-state index < -0.39 is 22.2 Å². The number of halogens is 2. The van der Waals surface area contributed by atoms with Crippen molar-refractivity contribution in [3.05, 3.63) is 46.5 Å². The molecule has 0 aliphatic rings. The van der Waals surface area contributed by atoms with Gasteiger partial charge < -0.3 is 5.32 Å². The molecule has 0 amide bonds. The summed E-state index contributed by atoms with van der Waals surface area (Å²) in [4.78, 5) is 9.54. The summed E-state index contributed by atoms with van der Waals surface area (Å²) < 4.78 is 26.9. The van der Waals surface area contributed by atoms with Gasteiger partial charge in [0.1, 0.15) is 5.69 Å². The van der Waals surface area contributed by atoms with Crippen LogP contribution in [0.1, 0.15) is 13.3 Å². The highest BCUT2D eigenvalue weighted by Gasteiger charge is 2.17. The number of nitrogens with zero attached hydrogens (tertiary/aromatic N) is 1. The lowest BCUT2D eigenvalue weighted by Gasteiger charge is -2.14. The van der Waals surface area contributed by atoms with E-state index in [9.17, 15) is 18.9 Å². The first-order valence-electron chi connectivity index (χ1n) is 4.96. The van der Waals surface area contributed by atoms with Gasteiger partial charge in [0.05, 0.1) is 17.1 Å². The van der Waals surface area contributed by atoms with Crippen molar-refractivity contribution in [3.63, 3.8) is 0 Å². The second kappa shape index (κ2) is 5.38. The van der Waals surface area contributed by atoms with Crippen molar-refractivity contribution in [2.45, 2.75) is 19.4 Å². The van der Waals surface area contributed by atoms with E-state index in [1.165, 1.54) is 0 Å². The summed E-state index contributed by atoms with van der Waals surface area (Å²) in [6.07, 6.45) is 2.13. The highest BCUT2D eigenvalue weighted by atomic mass is 19.1. The van der Waals surface area contributed by atoms with Gasteiger partial charge in [-0.25, -0.2) is 8.78 Å². The van der Waals surface area contributed by atoms with Crippen molar-refractivity contribution in [2.75, 3.05) is 5.32 Å². The third kappa shape index (κ3) is 3.24. The summed E-state index contributed by atoms with van der Waals surface area (Å²) in [6.45, 7) is 5.23. The number of nitro groups is 1. The molecular weight excluding hydrogens is 230 g/mol. The zero-order valence-corrected chi connectivity index (χ0v) is 9.24.